The molecule has 16 nitrogen and oxygen atoms in total. The number of ether oxygens (including phenoxy) is 3. The fraction of sp³-hybridized carbons (Fsp3) is 0.403. The molecule has 0 aliphatic heterocycles. The largest absolute Gasteiger partial charge is 0.481 e. The number of anilines is 1. The maximum Gasteiger partial charge on any atom is 0.408 e. The minimum Gasteiger partial charge on any atom is -0.481 e. The number of carboxylic acids is 1. The summed E-state index contributed by atoms with van der Waals surface area (Å²) >= 11 is 0. The molecule has 3 atom stereocenters. The Balaban J connectivity index is 0.855. The molecule has 414 valence electrons. The van der Waals surface area contributed by atoms with E-state index in [0.717, 1.165) is 65.5 Å². The van der Waals surface area contributed by atoms with Crippen LogP contribution in [0.15, 0.2) is 127 Å². The first kappa shape index (κ1) is 59.2. The van der Waals surface area contributed by atoms with E-state index >= 15 is 0 Å². The maximum absolute atomic E-state index is 13.7. The number of para-hydroxylation sites is 1. The highest BCUT2D eigenvalue weighted by molar-refractivity contribution is 5.97. The third-order valence-corrected chi connectivity index (χ3v) is 13.7. The van der Waals surface area contributed by atoms with E-state index in [-0.39, 0.29) is 56.9 Å². The first-order valence-electron chi connectivity index (χ1n) is 27.0. The van der Waals surface area contributed by atoms with Crippen LogP contribution in [-0.4, -0.2) is 78.7 Å². The van der Waals surface area contributed by atoms with Crippen LogP contribution < -0.4 is 31.3 Å². The monoisotopic (exact) mass is 1070 g/mol. The lowest BCUT2D eigenvalue weighted by atomic mass is 9.77. The molecule has 78 heavy (non-hydrogen) atoms. The summed E-state index contributed by atoms with van der Waals surface area (Å²) in [7, 11) is 0. The Bertz CT molecular complexity index is 2770. The van der Waals surface area contributed by atoms with Gasteiger partial charge in [0.05, 0.1) is 12.3 Å². The van der Waals surface area contributed by atoms with Gasteiger partial charge in [-0.2, -0.15) is 0 Å². The Hall–Kier alpha value is -8.01. The molecule has 0 aromatic heterocycles. The smallest absolute Gasteiger partial charge is 0.408 e. The van der Waals surface area contributed by atoms with Gasteiger partial charge in [-0.05, 0) is 101 Å². The number of amides is 5. The van der Waals surface area contributed by atoms with Crippen LogP contribution in [0.1, 0.15) is 120 Å². The Morgan fingerprint density at radius 3 is 1.83 bits per heavy atom. The molecule has 5 aromatic rings. The number of fused-ring (bicyclic) bond motifs is 3. The van der Waals surface area contributed by atoms with E-state index in [9.17, 15) is 38.7 Å². The second kappa shape index (κ2) is 29.5. The number of aliphatic carboxylic acids is 1. The van der Waals surface area contributed by atoms with Crippen molar-refractivity contribution in [3.05, 3.63) is 155 Å². The zero-order chi connectivity index (χ0) is 56.0. The van der Waals surface area contributed by atoms with Crippen LogP contribution in [-0.2, 0) is 52.9 Å². The quantitative estimate of drug-likeness (QED) is 0.0157. The number of carbonyl (C=O) groups excluding carboxylic acids is 6. The third kappa shape index (κ3) is 18.6. The molecular weight excluding hydrogens is 991 g/mol. The molecule has 1 aliphatic carbocycles. The van der Waals surface area contributed by atoms with Gasteiger partial charge in [-0.15, -0.1) is 0 Å². The van der Waals surface area contributed by atoms with E-state index < -0.39 is 59.4 Å². The second-order valence-electron chi connectivity index (χ2n) is 21.3. The highest BCUT2D eigenvalue weighted by Crippen LogP contribution is 2.44. The highest BCUT2D eigenvalue weighted by Gasteiger charge is 2.37. The van der Waals surface area contributed by atoms with Crippen LogP contribution >= 0.6 is 0 Å². The van der Waals surface area contributed by atoms with Crippen molar-refractivity contribution in [1.82, 2.24) is 21.3 Å². The number of esters is 1. The number of carboxylic acid groups (broad SMARTS) is 1. The number of nitrogens with one attached hydrogen (secondary N) is 5. The molecule has 6 rings (SSSR count). The average molecular weight is 1070 g/mol. The standard InChI is InChI=1S/C62H75N5O11/c1-41(2)36-53(66-61(75)77-40-50-48-26-17-15-24-46(48)47-25-16-18-27-49(47)50)58(71)65-52-28-19-14-23-44(52)37-56(69)78-45-32-30-42(31-33-45)20-10-7-6-8-13-29-55(68)63-34-35-64-57(70)54(38-51(59(72)73)62(3,4)5)67-60(74)76-39-43-21-11-9-12-22-43/h9,11-12,14-19,21-28,30-33,41,50-51,53-54H,6-8,10,13,20,29,34-40H2,1-5H3,(H,63,68)(H,64,70)(H,65,71)(H,66,75)(H,67,74)(H,72,73)/t51?,53-,54-/m0/s1. The number of aryl methyl sites for hydroxylation is 1. The number of hydrogen-bond donors (Lipinski definition) is 6. The molecule has 0 saturated carbocycles. The van der Waals surface area contributed by atoms with Gasteiger partial charge in [0, 0.05) is 31.1 Å². The van der Waals surface area contributed by atoms with Crippen LogP contribution in [0.2, 0.25) is 0 Å². The SMILES string of the molecule is CC(C)C[C@H](NC(=O)OCC1c2ccccc2-c2ccccc21)C(=O)Nc1ccccc1CC(=O)Oc1ccc(CCCCCCCC(=O)NCCNC(=O)[C@H](CC(C(=O)O)C(C)(C)C)NC(=O)OCc2ccccc2)cc1. The van der Waals surface area contributed by atoms with Crippen LogP contribution in [0.4, 0.5) is 15.3 Å². The summed E-state index contributed by atoms with van der Waals surface area (Å²) < 4.78 is 16.7. The van der Waals surface area contributed by atoms with Crippen molar-refractivity contribution >= 4 is 47.5 Å². The maximum atomic E-state index is 13.7. The zero-order valence-corrected chi connectivity index (χ0v) is 45.4. The summed E-state index contributed by atoms with van der Waals surface area (Å²) in [5.41, 5.74) is 6.58. The molecule has 0 saturated heterocycles. The molecule has 0 spiro atoms. The van der Waals surface area contributed by atoms with Crippen LogP contribution in [0.5, 0.6) is 5.75 Å². The third-order valence-electron chi connectivity index (χ3n) is 13.7. The van der Waals surface area contributed by atoms with Crippen LogP contribution in [0.3, 0.4) is 0 Å². The van der Waals surface area contributed by atoms with Gasteiger partial charge in [-0.3, -0.25) is 24.0 Å². The molecule has 0 bridgehead atoms. The Morgan fingerprint density at radius 1 is 0.603 bits per heavy atom. The molecule has 0 radical (unpaired) electrons. The normalized spacial score (nSPS) is 12.9. The fourth-order valence-corrected chi connectivity index (χ4v) is 9.49. The lowest BCUT2D eigenvalue weighted by Gasteiger charge is -2.30. The second-order valence-corrected chi connectivity index (χ2v) is 21.3. The Labute approximate surface area is 457 Å². The van der Waals surface area contributed by atoms with Gasteiger partial charge in [0.2, 0.25) is 17.7 Å². The van der Waals surface area contributed by atoms with E-state index in [1.807, 2.05) is 80.6 Å². The topological polar surface area (TPSA) is 228 Å². The first-order valence-corrected chi connectivity index (χ1v) is 27.0. The number of alkyl carbamates (subject to hydrolysis) is 2. The van der Waals surface area contributed by atoms with Crippen molar-refractivity contribution in [3.63, 3.8) is 0 Å². The lowest BCUT2D eigenvalue weighted by Crippen LogP contribution is -2.50. The summed E-state index contributed by atoms with van der Waals surface area (Å²) in [5.74, 6) is -3.31. The molecular formula is C62H75N5O11. The highest BCUT2D eigenvalue weighted by atomic mass is 16.6. The van der Waals surface area contributed by atoms with Crippen LogP contribution in [0.25, 0.3) is 11.1 Å². The van der Waals surface area contributed by atoms with Gasteiger partial charge >= 0.3 is 24.1 Å². The summed E-state index contributed by atoms with van der Waals surface area (Å²) in [5, 5.41) is 23.6. The van der Waals surface area contributed by atoms with Crippen LogP contribution in [0, 0.1) is 17.3 Å². The lowest BCUT2D eigenvalue weighted by molar-refractivity contribution is -0.146. The van der Waals surface area contributed by atoms with E-state index in [4.69, 9.17) is 14.2 Å². The average Bonchev–Trinajstić information content (AvgIpc) is 3.78. The number of rotatable bonds is 28. The molecule has 0 fully saturated rings. The van der Waals surface area contributed by atoms with Crippen molar-refractivity contribution in [1.29, 1.82) is 0 Å². The number of benzene rings is 5. The van der Waals surface area contributed by atoms with Gasteiger partial charge in [0.1, 0.15) is 31.0 Å². The zero-order valence-electron chi connectivity index (χ0n) is 45.4. The van der Waals surface area contributed by atoms with Gasteiger partial charge in [-0.25, -0.2) is 9.59 Å². The van der Waals surface area contributed by atoms with Gasteiger partial charge < -0.3 is 45.9 Å². The van der Waals surface area contributed by atoms with E-state index in [2.05, 4.69) is 38.7 Å². The molecule has 1 unspecified atom stereocenters. The van der Waals surface area contributed by atoms with E-state index in [1.165, 1.54) is 0 Å². The molecule has 1 aliphatic rings. The van der Waals surface area contributed by atoms with Crippen molar-refractivity contribution < 1.29 is 52.9 Å². The molecule has 16 heteroatoms. The Kier molecular flexibility index (Phi) is 22.4. The fourth-order valence-electron chi connectivity index (χ4n) is 9.49. The summed E-state index contributed by atoms with van der Waals surface area (Å²) in [6.45, 7) is 9.55. The molecule has 6 N–H and O–H groups in total. The molecule has 0 heterocycles. The van der Waals surface area contributed by atoms with Crippen molar-refractivity contribution in [3.8, 4) is 16.9 Å². The predicted octanol–water partition coefficient (Wildman–Crippen LogP) is 10.3. The van der Waals surface area contributed by atoms with Crippen molar-refractivity contribution in [2.75, 3.05) is 25.0 Å². The predicted molar refractivity (Wildman–Crippen MR) is 298 cm³/mol. The summed E-state index contributed by atoms with van der Waals surface area (Å²) in [6, 6.07) is 37.5. The number of unbranched alkanes of at least 4 members (excludes halogenated alkanes) is 4. The molecule has 5 amide bonds. The van der Waals surface area contributed by atoms with Crippen molar-refractivity contribution in [2.45, 2.75) is 123 Å². The number of hydrogen-bond acceptors (Lipinski definition) is 10. The van der Waals surface area contributed by atoms with E-state index in [1.54, 1.807) is 69.3 Å². The van der Waals surface area contributed by atoms with Crippen molar-refractivity contribution in [2.24, 2.45) is 17.3 Å². The summed E-state index contributed by atoms with van der Waals surface area (Å²) in [4.78, 5) is 90.7. The Morgan fingerprint density at radius 2 is 1.18 bits per heavy atom. The van der Waals surface area contributed by atoms with Gasteiger partial charge in [0.15, 0.2) is 0 Å². The number of carbonyl (C=O) groups is 7. The van der Waals surface area contributed by atoms with Gasteiger partial charge in [0.25, 0.3) is 0 Å². The summed E-state index contributed by atoms with van der Waals surface area (Å²) in [6.07, 6.45) is 4.18. The minimum absolute atomic E-state index is 0.0184. The molecule has 5 aromatic carbocycles. The first-order chi connectivity index (χ1) is 37.4. The van der Waals surface area contributed by atoms with E-state index in [0.29, 0.717) is 36.3 Å². The van der Waals surface area contributed by atoms with Gasteiger partial charge in [-0.1, -0.05) is 163 Å². The minimum atomic E-state index is -1.17.